The van der Waals surface area contributed by atoms with Crippen LogP contribution >= 0.6 is 0 Å². The smallest absolute Gasteiger partial charge is 0.407 e. The molecule has 0 radical (unpaired) electrons. The molecule has 0 heterocycles. The fraction of sp³-hybridized carbons (Fsp3) is 0.444. The first-order valence-electron chi connectivity index (χ1n) is 11.9. The summed E-state index contributed by atoms with van der Waals surface area (Å²) in [6, 6.07) is 15.2. The van der Waals surface area contributed by atoms with E-state index in [1.807, 2.05) is 38.1 Å². The van der Waals surface area contributed by atoms with Crippen LogP contribution in [0.3, 0.4) is 0 Å². The van der Waals surface area contributed by atoms with Crippen LogP contribution < -0.4 is 10.6 Å². The van der Waals surface area contributed by atoms with Crippen molar-refractivity contribution in [3.63, 3.8) is 0 Å². The van der Waals surface area contributed by atoms with Crippen LogP contribution in [0.1, 0.15) is 57.6 Å². The number of rotatable bonds is 10. The van der Waals surface area contributed by atoms with Crippen LogP contribution in [0, 0.1) is 11.3 Å². The summed E-state index contributed by atoms with van der Waals surface area (Å²) < 4.78 is 5.59. The lowest BCUT2D eigenvalue weighted by Crippen LogP contribution is -2.53. The van der Waals surface area contributed by atoms with E-state index in [4.69, 9.17) is 4.74 Å². The van der Waals surface area contributed by atoms with Crippen molar-refractivity contribution in [1.82, 2.24) is 10.6 Å². The molecule has 34 heavy (non-hydrogen) atoms. The number of carboxylic acid groups (broad SMARTS) is 1. The second kappa shape index (κ2) is 10.7. The number of carboxylic acids is 1. The van der Waals surface area contributed by atoms with Crippen LogP contribution in [0.2, 0.25) is 0 Å². The fourth-order valence-corrected chi connectivity index (χ4v) is 4.60. The van der Waals surface area contributed by atoms with Crippen molar-refractivity contribution in [2.75, 3.05) is 13.2 Å². The van der Waals surface area contributed by atoms with Crippen molar-refractivity contribution in [3.8, 4) is 11.1 Å². The van der Waals surface area contributed by atoms with E-state index in [0.29, 0.717) is 12.8 Å². The van der Waals surface area contributed by atoms with Crippen LogP contribution in [0.15, 0.2) is 48.5 Å². The molecule has 3 rings (SSSR count). The molecule has 0 bridgehead atoms. The Bertz CT molecular complexity index is 999. The number of carbonyl (C=O) groups excluding carboxylic acids is 2. The molecule has 1 aliphatic rings. The summed E-state index contributed by atoms with van der Waals surface area (Å²) in [5, 5.41) is 14.8. The molecule has 0 aliphatic heterocycles. The number of hydrogen-bond acceptors (Lipinski definition) is 4. The van der Waals surface area contributed by atoms with E-state index in [-0.39, 0.29) is 30.9 Å². The van der Waals surface area contributed by atoms with E-state index in [0.717, 1.165) is 22.3 Å². The molecule has 3 N–H and O–H groups in total. The topological polar surface area (TPSA) is 105 Å². The van der Waals surface area contributed by atoms with E-state index < -0.39 is 23.5 Å². The second-order valence-corrected chi connectivity index (χ2v) is 9.20. The van der Waals surface area contributed by atoms with Gasteiger partial charge in [-0.25, -0.2) is 9.59 Å². The Labute approximate surface area is 200 Å². The van der Waals surface area contributed by atoms with Gasteiger partial charge < -0.3 is 20.5 Å². The summed E-state index contributed by atoms with van der Waals surface area (Å²) in [6.07, 6.45) is 0.298. The zero-order valence-electron chi connectivity index (χ0n) is 20.3. The van der Waals surface area contributed by atoms with Gasteiger partial charge >= 0.3 is 12.1 Å². The summed E-state index contributed by atoms with van der Waals surface area (Å²) in [4.78, 5) is 37.2. The Morgan fingerprint density at radius 3 is 1.97 bits per heavy atom. The van der Waals surface area contributed by atoms with Crippen LogP contribution in [0.4, 0.5) is 4.79 Å². The summed E-state index contributed by atoms with van der Waals surface area (Å²) in [5.74, 6) is -1.76. The van der Waals surface area contributed by atoms with Crippen LogP contribution in [-0.2, 0) is 14.3 Å². The number of benzene rings is 2. The highest BCUT2D eigenvalue weighted by atomic mass is 16.5. The van der Waals surface area contributed by atoms with Gasteiger partial charge in [-0.3, -0.25) is 4.79 Å². The summed E-state index contributed by atoms with van der Waals surface area (Å²) in [5.41, 5.74) is 3.63. The van der Waals surface area contributed by atoms with E-state index in [9.17, 15) is 19.5 Å². The molecule has 0 spiro atoms. The predicted octanol–water partition coefficient (Wildman–Crippen LogP) is 4.56. The normalized spacial score (nSPS) is 13.7. The number of fused-ring (bicyclic) bond motifs is 3. The molecule has 2 aromatic rings. The fourth-order valence-electron chi connectivity index (χ4n) is 4.60. The van der Waals surface area contributed by atoms with Crippen molar-refractivity contribution < 1.29 is 24.2 Å². The number of carbonyl (C=O) groups is 3. The standard InChI is InChI=1S/C27H34N2O5/c1-5-27(6-2,25(32)29-23(17(3)4)24(30)31)16-28-26(33)34-15-22-20-13-9-7-11-18(20)19-12-8-10-14-21(19)22/h7-14,17,22-23H,5-6,15-16H2,1-4H3,(H,28,33)(H,29,32)(H,30,31)/t23-/m0/s1. The van der Waals surface area contributed by atoms with E-state index in [1.165, 1.54) is 0 Å². The molecule has 7 heteroatoms. The molecule has 182 valence electrons. The van der Waals surface area contributed by atoms with Crippen molar-refractivity contribution in [2.24, 2.45) is 11.3 Å². The number of alkyl carbamates (subject to hydrolysis) is 1. The number of ether oxygens (including phenoxy) is 1. The number of aliphatic carboxylic acids is 1. The van der Waals surface area contributed by atoms with Crippen molar-refractivity contribution in [1.29, 1.82) is 0 Å². The molecule has 0 saturated carbocycles. The molecule has 0 aromatic heterocycles. The Morgan fingerprint density at radius 1 is 0.971 bits per heavy atom. The molecular weight excluding hydrogens is 432 g/mol. The quantitative estimate of drug-likeness (QED) is 0.476. The first-order chi connectivity index (χ1) is 16.2. The van der Waals surface area contributed by atoms with Crippen LogP contribution in [-0.4, -0.2) is 42.3 Å². The zero-order valence-corrected chi connectivity index (χ0v) is 20.3. The highest BCUT2D eigenvalue weighted by Crippen LogP contribution is 2.44. The molecule has 0 fully saturated rings. The Hall–Kier alpha value is -3.35. The van der Waals surface area contributed by atoms with Gasteiger partial charge in [-0.05, 0) is 41.0 Å². The number of hydrogen-bond donors (Lipinski definition) is 3. The molecule has 1 atom stereocenters. The third kappa shape index (κ3) is 5.08. The number of nitrogens with one attached hydrogen (secondary N) is 2. The zero-order chi connectivity index (χ0) is 24.9. The van der Waals surface area contributed by atoms with Crippen LogP contribution in [0.25, 0.3) is 11.1 Å². The average molecular weight is 467 g/mol. The highest BCUT2D eigenvalue weighted by molar-refractivity contribution is 5.88. The summed E-state index contributed by atoms with van der Waals surface area (Å²) >= 11 is 0. The largest absolute Gasteiger partial charge is 0.480 e. The lowest BCUT2D eigenvalue weighted by molar-refractivity contribution is -0.145. The van der Waals surface area contributed by atoms with Gasteiger partial charge in [-0.2, -0.15) is 0 Å². The Kier molecular flexibility index (Phi) is 7.97. The minimum Gasteiger partial charge on any atom is -0.480 e. The van der Waals surface area contributed by atoms with E-state index in [1.54, 1.807) is 13.8 Å². The molecule has 2 amide bonds. The van der Waals surface area contributed by atoms with Crippen molar-refractivity contribution >= 4 is 18.0 Å². The third-order valence-electron chi connectivity index (χ3n) is 6.97. The maximum absolute atomic E-state index is 13.0. The maximum Gasteiger partial charge on any atom is 0.407 e. The first-order valence-corrected chi connectivity index (χ1v) is 11.9. The van der Waals surface area contributed by atoms with Crippen molar-refractivity contribution in [3.05, 3.63) is 59.7 Å². The maximum atomic E-state index is 13.0. The van der Waals surface area contributed by atoms with Gasteiger partial charge in [0, 0.05) is 12.5 Å². The first kappa shape index (κ1) is 25.3. The van der Waals surface area contributed by atoms with E-state index in [2.05, 4.69) is 34.9 Å². The molecular formula is C27H34N2O5. The second-order valence-electron chi connectivity index (χ2n) is 9.20. The van der Waals surface area contributed by atoms with E-state index >= 15 is 0 Å². The van der Waals surface area contributed by atoms with Gasteiger partial charge in [-0.15, -0.1) is 0 Å². The van der Waals surface area contributed by atoms with Gasteiger partial charge in [0.25, 0.3) is 0 Å². The molecule has 2 aromatic carbocycles. The van der Waals surface area contributed by atoms with Gasteiger partial charge in [-0.1, -0.05) is 76.2 Å². The lowest BCUT2D eigenvalue weighted by Gasteiger charge is -2.32. The Balaban J connectivity index is 1.64. The van der Waals surface area contributed by atoms with Crippen LogP contribution in [0.5, 0.6) is 0 Å². The number of amides is 2. The lowest BCUT2D eigenvalue weighted by atomic mass is 9.80. The molecule has 1 aliphatic carbocycles. The SMILES string of the molecule is CCC(CC)(CNC(=O)OCC1c2ccccc2-c2ccccc21)C(=O)N[C@H](C(=O)O)C(C)C. The van der Waals surface area contributed by atoms with Gasteiger partial charge in [0.2, 0.25) is 5.91 Å². The monoisotopic (exact) mass is 466 g/mol. The van der Waals surface area contributed by atoms with Crippen molar-refractivity contribution in [2.45, 2.75) is 52.5 Å². The molecule has 0 saturated heterocycles. The third-order valence-corrected chi connectivity index (χ3v) is 6.97. The highest BCUT2D eigenvalue weighted by Gasteiger charge is 2.38. The minimum atomic E-state index is -1.08. The summed E-state index contributed by atoms with van der Waals surface area (Å²) in [7, 11) is 0. The Morgan fingerprint density at radius 2 is 1.50 bits per heavy atom. The molecule has 0 unspecified atom stereocenters. The van der Waals surface area contributed by atoms with Gasteiger partial charge in [0.1, 0.15) is 12.6 Å². The van der Waals surface area contributed by atoms with Gasteiger partial charge in [0.15, 0.2) is 0 Å². The summed E-state index contributed by atoms with van der Waals surface area (Å²) in [6.45, 7) is 7.45. The predicted molar refractivity (Wildman–Crippen MR) is 130 cm³/mol. The minimum absolute atomic E-state index is 0.0501. The van der Waals surface area contributed by atoms with Gasteiger partial charge in [0.05, 0.1) is 5.41 Å². The molecule has 7 nitrogen and oxygen atoms in total. The average Bonchev–Trinajstić information content (AvgIpc) is 3.15.